The Kier molecular flexibility index (Phi) is 4.95. The first-order valence-corrected chi connectivity index (χ1v) is 7.14. The van der Waals surface area contributed by atoms with E-state index in [9.17, 15) is 10.1 Å². The molecule has 1 aromatic rings. The van der Waals surface area contributed by atoms with E-state index in [4.69, 9.17) is 9.47 Å². The van der Waals surface area contributed by atoms with Crippen LogP contribution in [-0.2, 0) is 9.47 Å². The summed E-state index contributed by atoms with van der Waals surface area (Å²) in [5.41, 5.74) is 1.02. The summed E-state index contributed by atoms with van der Waals surface area (Å²) in [7, 11) is 1.65. The molecule has 0 bridgehead atoms. The third kappa shape index (κ3) is 3.47. The van der Waals surface area contributed by atoms with Crippen molar-refractivity contribution in [2.45, 2.75) is 19.1 Å². The van der Waals surface area contributed by atoms with E-state index < -0.39 is 4.92 Å². The lowest BCUT2D eigenvalue weighted by Gasteiger charge is -2.38. The molecule has 2 atom stereocenters. The van der Waals surface area contributed by atoms with E-state index in [1.807, 2.05) is 6.92 Å². The fourth-order valence-electron chi connectivity index (χ4n) is 2.39. The van der Waals surface area contributed by atoms with E-state index in [0.717, 1.165) is 16.7 Å². The second kappa shape index (κ2) is 6.51. The standard InChI is InChI=1S/C13H17BrN2O4/c1-9-6-15(7-11(20-9)8-19-2)13-4-3-10(16(17)18)5-12(13)14/h3-5,9,11H,6-8H2,1-2H3. The van der Waals surface area contributed by atoms with Crippen LogP contribution in [0.4, 0.5) is 11.4 Å². The minimum Gasteiger partial charge on any atom is -0.382 e. The number of anilines is 1. The summed E-state index contributed by atoms with van der Waals surface area (Å²) in [6, 6.07) is 4.82. The van der Waals surface area contributed by atoms with Gasteiger partial charge in [0, 0.05) is 36.8 Å². The predicted molar refractivity (Wildman–Crippen MR) is 79.2 cm³/mol. The molecule has 20 heavy (non-hydrogen) atoms. The summed E-state index contributed by atoms with van der Waals surface area (Å²) in [6.07, 6.45) is 0.0943. The van der Waals surface area contributed by atoms with Crippen LogP contribution in [0.2, 0.25) is 0 Å². The molecule has 0 saturated carbocycles. The Balaban J connectivity index is 2.19. The summed E-state index contributed by atoms with van der Waals surface area (Å²) in [4.78, 5) is 12.5. The summed E-state index contributed by atoms with van der Waals surface area (Å²) in [5.74, 6) is 0. The van der Waals surface area contributed by atoms with Gasteiger partial charge < -0.3 is 14.4 Å². The Labute approximate surface area is 125 Å². The number of nitro groups is 1. The molecule has 2 rings (SSSR count). The number of rotatable bonds is 4. The lowest BCUT2D eigenvalue weighted by atomic mass is 10.2. The Morgan fingerprint density at radius 3 is 2.90 bits per heavy atom. The highest BCUT2D eigenvalue weighted by Gasteiger charge is 2.26. The van der Waals surface area contributed by atoms with Gasteiger partial charge in [-0.1, -0.05) is 0 Å². The molecule has 0 radical (unpaired) electrons. The Morgan fingerprint density at radius 1 is 1.55 bits per heavy atom. The van der Waals surface area contributed by atoms with Crippen molar-refractivity contribution in [1.29, 1.82) is 0 Å². The topological polar surface area (TPSA) is 64.8 Å². The minimum atomic E-state index is -0.399. The van der Waals surface area contributed by atoms with Crippen molar-refractivity contribution in [1.82, 2.24) is 0 Å². The number of hydrogen-bond acceptors (Lipinski definition) is 5. The number of nitrogens with zero attached hydrogens (tertiary/aromatic N) is 2. The van der Waals surface area contributed by atoms with Crippen LogP contribution in [0.5, 0.6) is 0 Å². The summed E-state index contributed by atoms with van der Waals surface area (Å²) in [5, 5.41) is 10.8. The molecule has 0 aliphatic carbocycles. The van der Waals surface area contributed by atoms with Crippen LogP contribution in [0.3, 0.4) is 0 Å². The molecule has 1 aliphatic heterocycles. The molecule has 0 aromatic heterocycles. The third-order valence-corrected chi connectivity index (χ3v) is 3.80. The van der Waals surface area contributed by atoms with E-state index in [1.54, 1.807) is 13.2 Å². The van der Waals surface area contributed by atoms with E-state index in [-0.39, 0.29) is 17.9 Å². The van der Waals surface area contributed by atoms with Crippen LogP contribution in [0, 0.1) is 10.1 Å². The molecule has 6 nitrogen and oxygen atoms in total. The number of benzene rings is 1. The fourth-order valence-corrected chi connectivity index (χ4v) is 3.00. The first-order chi connectivity index (χ1) is 9.51. The van der Waals surface area contributed by atoms with Gasteiger partial charge >= 0.3 is 0 Å². The molecule has 1 aromatic carbocycles. The number of nitro benzene ring substituents is 1. The van der Waals surface area contributed by atoms with Gasteiger partial charge in [-0.3, -0.25) is 10.1 Å². The van der Waals surface area contributed by atoms with Gasteiger partial charge in [0.15, 0.2) is 0 Å². The number of morpholine rings is 1. The van der Waals surface area contributed by atoms with Gasteiger partial charge in [-0.15, -0.1) is 0 Å². The maximum Gasteiger partial charge on any atom is 0.270 e. The Bertz CT molecular complexity index is 497. The van der Waals surface area contributed by atoms with Crippen LogP contribution in [0.1, 0.15) is 6.92 Å². The Hall–Kier alpha value is -1.18. The quantitative estimate of drug-likeness (QED) is 0.620. The number of halogens is 1. The second-order valence-electron chi connectivity index (χ2n) is 4.82. The molecular formula is C13H17BrN2O4. The van der Waals surface area contributed by atoms with Gasteiger partial charge in [-0.25, -0.2) is 0 Å². The molecule has 0 N–H and O–H groups in total. The summed E-state index contributed by atoms with van der Waals surface area (Å²) < 4.78 is 11.7. The molecular weight excluding hydrogens is 328 g/mol. The number of hydrogen-bond donors (Lipinski definition) is 0. The maximum atomic E-state index is 10.8. The predicted octanol–water partition coefficient (Wildman–Crippen LogP) is 2.60. The van der Waals surface area contributed by atoms with Crippen molar-refractivity contribution < 1.29 is 14.4 Å². The van der Waals surface area contributed by atoms with Crippen LogP contribution < -0.4 is 4.90 Å². The van der Waals surface area contributed by atoms with Crippen LogP contribution in [0.25, 0.3) is 0 Å². The number of non-ortho nitro benzene ring substituents is 1. The van der Waals surface area contributed by atoms with Gasteiger partial charge in [0.2, 0.25) is 0 Å². The Morgan fingerprint density at radius 2 is 2.30 bits per heavy atom. The second-order valence-corrected chi connectivity index (χ2v) is 5.68. The molecule has 2 unspecified atom stereocenters. The smallest absolute Gasteiger partial charge is 0.270 e. The number of methoxy groups -OCH3 is 1. The van der Waals surface area contributed by atoms with Crippen molar-refractivity contribution in [2.24, 2.45) is 0 Å². The molecule has 1 aliphatic rings. The zero-order chi connectivity index (χ0) is 14.7. The highest BCUT2D eigenvalue weighted by Crippen LogP contribution is 2.32. The van der Waals surface area contributed by atoms with Gasteiger partial charge in [-0.05, 0) is 28.9 Å². The van der Waals surface area contributed by atoms with Crippen molar-refractivity contribution in [3.63, 3.8) is 0 Å². The molecule has 1 fully saturated rings. The summed E-state index contributed by atoms with van der Waals surface area (Å²) in [6.45, 7) is 3.99. The highest BCUT2D eigenvalue weighted by atomic mass is 79.9. The monoisotopic (exact) mass is 344 g/mol. The zero-order valence-corrected chi connectivity index (χ0v) is 13.0. The average molecular weight is 345 g/mol. The lowest BCUT2D eigenvalue weighted by molar-refractivity contribution is -0.384. The van der Waals surface area contributed by atoms with E-state index in [0.29, 0.717) is 13.2 Å². The van der Waals surface area contributed by atoms with Crippen LogP contribution >= 0.6 is 15.9 Å². The lowest BCUT2D eigenvalue weighted by Crippen LogP contribution is -2.48. The average Bonchev–Trinajstić information content (AvgIpc) is 2.38. The minimum absolute atomic E-state index is 0.00541. The van der Waals surface area contributed by atoms with E-state index in [2.05, 4.69) is 20.8 Å². The zero-order valence-electron chi connectivity index (χ0n) is 11.4. The van der Waals surface area contributed by atoms with Gasteiger partial charge in [0.1, 0.15) is 0 Å². The van der Waals surface area contributed by atoms with Crippen LogP contribution in [0.15, 0.2) is 22.7 Å². The van der Waals surface area contributed by atoms with Crippen molar-refractivity contribution in [2.75, 3.05) is 31.7 Å². The molecule has 110 valence electrons. The SMILES string of the molecule is COCC1CN(c2ccc([N+](=O)[O-])cc2Br)CC(C)O1. The molecule has 0 spiro atoms. The number of ether oxygens (including phenoxy) is 2. The normalized spacial score (nSPS) is 22.9. The van der Waals surface area contributed by atoms with Crippen molar-refractivity contribution in [3.8, 4) is 0 Å². The first-order valence-electron chi connectivity index (χ1n) is 6.34. The van der Waals surface area contributed by atoms with Gasteiger partial charge in [-0.2, -0.15) is 0 Å². The molecule has 1 heterocycles. The fraction of sp³-hybridized carbons (Fsp3) is 0.538. The third-order valence-electron chi connectivity index (χ3n) is 3.16. The van der Waals surface area contributed by atoms with E-state index >= 15 is 0 Å². The van der Waals surface area contributed by atoms with Gasteiger partial charge in [0.05, 0.1) is 29.4 Å². The molecule has 1 saturated heterocycles. The molecule has 0 amide bonds. The first kappa shape index (κ1) is 15.2. The van der Waals surface area contributed by atoms with Crippen LogP contribution in [-0.4, -0.2) is 43.9 Å². The maximum absolute atomic E-state index is 10.8. The van der Waals surface area contributed by atoms with Crippen molar-refractivity contribution >= 4 is 27.3 Å². The van der Waals surface area contributed by atoms with Crippen molar-refractivity contribution in [3.05, 3.63) is 32.8 Å². The highest BCUT2D eigenvalue weighted by molar-refractivity contribution is 9.10. The van der Waals surface area contributed by atoms with E-state index in [1.165, 1.54) is 12.1 Å². The van der Waals surface area contributed by atoms with Gasteiger partial charge in [0.25, 0.3) is 5.69 Å². The largest absolute Gasteiger partial charge is 0.382 e. The molecule has 7 heteroatoms. The summed E-state index contributed by atoms with van der Waals surface area (Å²) >= 11 is 3.41.